The zero-order valence-corrected chi connectivity index (χ0v) is 34.5. The summed E-state index contributed by atoms with van der Waals surface area (Å²) in [4.78, 5) is 111. The van der Waals surface area contributed by atoms with Crippen molar-refractivity contribution in [3.8, 4) is 0 Å². The fraction of sp³-hybridized carbons (Fsp3) is 0.605. The van der Waals surface area contributed by atoms with Gasteiger partial charge in [-0.25, -0.2) is 9.59 Å². The number of benzene rings is 1. The minimum atomic E-state index is -1.79. The Morgan fingerprint density at radius 1 is 0.541 bits per heavy atom. The fourth-order valence-electron chi connectivity index (χ4n) is 6.04. The maximum atomic E-state index is 12.8. The van der Waals surface area contributed by atoms with Crippen LogP contribution in [0.2, 0.25) is 0 Å². The lowest BCUT2D eigenvalue weighted by molar-refractivity contribution is -0.335. The van der Waals surface area contributed by atoms with Gasteiger partial charge >= 0.3 is 53.8 Å². The summed E-state index contributed by atoms with van der Waals surface area (Å²) in [6, 6.07) is 7.04. The summed E-state index contributed by atoms with van der Waals surface area (Å²) >= 11 is 0. The Morgan fingerprint density at radius 2 is 0.967 bits per heavy atom. The number of carbonyl (C=O) groups excluding carboxylic acids is 9. The molecule has 0 aromatic heterocycles. The Kier molecular flexibility index (Phi) is 19.3. The van der Waals surface area contributed by atoms with E-state index in [2.05, 4.69) is 5.32 Å². The molecule has 2 aliphatic heterocycles. The Hall–Kier alpha value is -5.91. The SMILES string of the molecule is COC(=O)[C@H](CO[C@@H]1O[C@H](CO[C@H]2O[C@H](COC(C)=O)[C@H](OC(C)=O)[C@H](OC(C)=O)[C@H]2OC(C)=O)[C@@H](OC(C)=O)[C@H](OC(C)=O)[C@H]1OC(C)=O)NC(=O)OCc1ccccc1. The Labute approximate surface area is 349 Å². The van der Waals surface area contributed by atoms with Crippen molar-refractivity contribution >= 4 is 53.8 Å². The lowest BCUT2D eigenvalue weighted by atomic mass is 9.97. The molecule has 1 aromatic rings. The van der Waals surface area contributed by atoms with Gasteiger partial charge < -0.3 is 66.9 Å². The van der Waals surface area contributed by atoms with Gasteiger partial charge in [-0.15, -0.1) is 0 Å². The molecule has 338 valence electrons. The predicted molar refractivity (Wildman–Crippen MR) is 195 cm³/mol. The average molecular weight is 872 g/mol. The summed E-state index contributed by atoms with van der Waals surface area (Å²) in [7, 11) is 1.03. The van der Waals surface area contributed by atoms with Crippen LogP contribution in [0, 0.1) is 0 Å². The highest BCUT2D eigenvalue weighted by Crippen LogP contribution is 2.33. The minimum absolute atomic E-state index is 0.162. The van der Waals surface area contributed by atoms with Crippen LogP contribution in [-0.2, 0) is 107 Å². The van der Waals surface area contributed by atoms with Crippen LogP contribution in [0.15, 0.2) is 30.3 Å². The van der Waals surface area contributed by atoms with Crippen LogP contribution in [0.5, 0.6) is 0 Å². The Balaban J connectivity index is 2.01. The molecule has 2 fully saturated rings. The zero-order chi connectivity index (χ0) is 45.4. The third-order valence-electron chi connectivity index (χ3n) is 8.29. The molecule has 2 saturated heterocycles. The number of methoxy groups -OCH3 is 1. The van der Waals surface area contributed by atoms with Crippen molar-refractivity contribution in [3.63, 3.8) is 0 Å². The van der Waals surface area contributed by atoms with E-state index in [1.54, 1.807) is 30.3 Å². The summed E-state index contributed by atoms with van der Waals surface area (Å²) in [5, 5.41) is 2.31. The van der Waals surface area contributed by atoms with Crippen LogP contribution in [0.4, 0.5) is 4.79 Å². The van der Waals surface area contributed by atoms with E-state index in [-0.39, 0.29) is 6.61 Å². The average Bonchev–Trinajstić information content (AvgIpc) is 3.17. The molecular formula is C38H49NO22. The summed E-state index contributed by atoms with van der Waals surface area (Å²) in [5.74, 6) is -7.33. The van der Waals surface area contributed by atoms with Gasteiger partial charge in [0.1, 0.15) is 25.4 Å². The van der Waals surface area contributed by atoms with Crippen LogP contribution in [0.3, 0.4) is 0 Å². The van der Waals surface area contributed by atoms with Gasteiger partial charge in [-0.1, -0.05) is 30.3 Å². The van der Waals surface area contributed by atoms with Crippen molar-refractivity contribution < 1.29 is 105 Å². The van der Waals surface area contributed by atoms with Crippen molar-refractivity contribution in [2.75, 3.05) is 26.9 Å². The van der Waals surface area contributed by atoms with E-state index in [1.807, 2.05) is 0 Å². The van der Waals surface area contributed by atoms with E-state index < -0.39 is 141 Å². The molecule has 0 bridgehead atoms. The molecule has 2 aliphatic rings. The summed E-state index contributed by atoms with van der Waals surface area (Å²) in [6.45, 7) is 4.92. The third kappa shape index (κ3) is 15.9. The highest BCUT2D eigenvalue weighted by atomic mass is 16.8. The molecule has 61 heavy (non-hydrogen) atoms. The van der Waals surface area contributed by atoms with E-state index in [0.29, 0.717) is 5.56 Å². The van der Waals surface area contributed by atoms with E-state index in [0.717, 1.165) is 55.6 Å². The molecule has 0 unspecified atom stereocenters. The molecular weight excluding hydrogens is 822 g/mol. The van der Waals surface area contributed by atoms with Gasteiger partial charge in [-0.3, -0.25) is 33.6 Å². The quantitative estimate of drug-likeness (QED) is 0.151. The molecule has 1 N–H and O–H groups in total. The normalized spacial score (nSPS) is 26.2. The molecule has 2 heterocycles. The number of hydrogen-bond donors (Lipinski definition) is 1. The second-order valence-electron chi connectivity index (χ2n) is 13.3. The summed E-state index contributed by atoms with van der Waals surface area (Å²) in [6.07, 6.45) is -17.5. The Bertz CT molecular complexity index is 1720. The molecule has 23 nitrogen and oxygen atoms in total. The first-order valence-corrected chi connectivity index (χ1v) is 18.5. The van der Waals surface area contributed by atoms with Crippen molar-refractivity contribution in [2.24, 2.45) is 0 Å². The molecule has 11 atom stereocenters. The number of amides is 1. The van der Waals surface area contributed by atoms with Gasteiger partial charge in [0.2, 0.25) is 0 Å². The largest absolute Gasteiger partial charge is 0.467 e. The molecule has 0 spiro atoms. The van der Waals surface area contributed by atoms with E-state index in [1.165, 1.54) is 0 Å². The molecule has 0 radical (unpaired) electrons. The van der Waals surface area contributed by atoms with Crippen LogP contribution in [-0.4, -0.2) is 148 Å². The molecule has 0 aliphatic carbocycles. The van der Waals surface area contributed by atoms with Crippen molar-refractivity contribution in [1.29, 1.82) is 0 Å². The number of hydrogen-bond acceptors (Lipinski definition) is 22. The van der Waals surface area contributed by atoms with Crippen LogP contribution >= 0.6 is 0 Å². The lowest BCUT2D eigenvalue weighted by Gasteiger charge is -2.46. The monoisotopic (exact) mass is 871 g/mol. The number of alkyl carbamates (subject to hydrolysis) is 1. The minimum Gasteiger partial charge on any atom is -0.467 e. The number of nitrogens with one attached hydrogen (secondary N) is 1. The third-order valence-corrected chi connectivity index (χ3v) is 8.29. The standard InChI is InChI=1S/C38H49NO22/c1-18(40)50-16-27-29(54-19(2)41)31(56-21(4)43)34(59-24(7)46)37(60-27)52-17-28-30(55-20(3)42)32(57-22(5)44)33(58-23(6)45)36(61-28)51-15-26(35(47)49-8)39-38(48)53-14-25-12-10-9-11-13-25/h9-13,26-34,36-37H,14-17H2,1-8H3,(H,39,48)/t26-,27+,28+,29-,30+,31-,32-,33+,34+,36+,37-/m0/s1. The molecule has 1 aromatic carbocycles. The first kappa shape index (κ1) is 49.5. The van der Waals surface area contributed by atoms with Gasteiger partial charge in [0.25, 0.3) is 0 Å². The zero-order valence-electron chi connectivity index (χ0n) is 34.5. The van der Waals surface area contributed by atoms with Gasteiger partial charge in [0, 0.05) is 48.5 Å². The van der Waals surface area contributed by atoms with Crippen molar-refractivity contribution in [2.45, 2.75) is 123 Å². The first-order chi connectivity index (χ1) is 28.8. The number of rotatable bonds is 18. The number of ether oxygens (including phenoxy) is 13. The van der Waals surface area contributed by atoms with Gasteiger partial charge in [0.05, 0.1) is 20.3 Å². The highest BCUT2D eigenvalue weighted by molar-refractivity contribution is 5.81. The van der Waals surface area contributed by atoms with E-state index in [4.69, 9.17) is 61.6 Å². The highest BCUT2D eigenvalue weighted by Gasteiger charge is 2.56. The van der Waals surface area contributed by atoms with Crippen LogP contribution < -0.4 is 5.32 Å². The van der Waals surface area contributed by atoms with E-state index >= 15 is 0 Å². The smallest absolute Gasteiger partial charge is 0.408 e. The van der Waals surface area contributed by atoms with Gasteiger partial charge in [-0.2, -0.15) is 0 Å². The van der Waals surface area contributed by atoms with E-state index in [9.17, 15) is 43.2 Å². The predicted octanol–water partition coefficient (Wildman–Crippen LogP) is 0.0907. The number of esters is 8. The molecule has 0 saturated carbocycles. The van der Waals surface area contributed by atoms with Crippen LogP contribution in [0.25, 0.3) is 0 Å². The van der Waals surface area contributed by atoms with Crippen LogP contribution in [0.1, 0.15) is 54.0 Å². The lowest BCUT2D eigenvalue weighted by Crippen LogP contribution is -2.65. The Morgan fingerprint density at radius 3 is 1.41 bits per heavy atom. The second kappa shape index (κ2) is 23.8. The maximum absolute atomic E-state index is 12.8. The first-order valence-electron chi connectivity index (χ1n) is 18.5. The molecule has 23 heteroatoms. The van der Waals surface area contributed by atoms with Gasteiger partial charge in [0.15, 0.2) is 55.2 Å². The topological polar surface area (TPSA) is 286 Å². The summed E-state index contributed by atoms with van der Waals surface area (Å²) in [5.41, 5.74) is 0.638. The maximum Gasteiger partial charge on any atom is 0.408 e. The second-order valence-corrected chi connectivity index (χ2v) is 13.3. The fourth-order valence-corrected chi connectivity index (χ4v) is 6.04. The van der Waals surface area contributed by atoms with Crippen molar-refractivity contribution in [3.05, 3.63) is 35.9 Å². The summed E-state index contributed by atoms with van der Waals surface area (Å²) < 4.78 is 71.7. The molecule has 3 rings (SSSR count). The van der Waals surface area contributed by atoms with Crippen molar-refractivity contribution in [1.82, 2.24) is 5.32 Å². The number of carbonyl (C=O) groups is 9. The van der Waals surface area contributed by atoms with Gasteiger partial charge in [-0.05, 0) is 5.56 Å². The molecule has 1 amide bonds.